The van der Waals surface area contributed by atoms with Crippen LogP contribution in [0.3, 0.4) is 0 Å². The van der Waals surface area contributed by atoms with Crippen molar-refractivity contribution in [1.82, 2.24) is 5.43 Å². The normalized spacial score (nSPS) is 13.0. The number of carbonyl (C=O) groups is 2. The molecule has 0 saturated heterocycles. The van der Waals surface area contributed by atoms with E-state index in [2.05, 4.69) is 15.8 Å². The number of rotatable bonds is 5. The van der Waals surface area contributed by atoms with Gasteiger partial charge in [0, 0.05) is 9.75 Å². The van der Waals surface area contributed by atoms with Gasteiger partial charge >= 0.3 is 12.0 Å². The summed E-state index contributed by atoms with van der Waals surface area (Å²) in [5, 5.41) is 9.07. The van der Waals surface area contributed by atoms with Crippen LogP contribution in [0.1, 0.15) is 39.0 Å². The van der Waals surface area contributed by atoms with Gasteiger partial charge in [-0.1, -0.05) is 6.07 Å². The third kappa shape index (κ3) is 3.65. The summed E-state index contributed by atoms with van der Waals surface area (Å²) < 4.78 is 5.13. The second-order valence-electron chi connectivity index (χ2n) is 5.12. The Morgan fingerprint density at radius 2 is 2.29 bits per heavy atom. The number of aryl methyl sites for hydroxylation is 1. The zero-order chi connectivity index (χ0) is 16.9. The zero-order valence-corrected chi connectivity index (χ0v) is 14.8. The van der Waals surface area contributed by atoms with Gasteiger partial charge in [-0.3, -0.25) is 5.32 Å². The smallest absolute Gasteiger partial charge is 0.341 e. The topological polar surface area (TPSA) is 79.8 Å². The number of hydrogen-bond acceptors (Lipinski definition) is 6. The molecule has 126 valence electrons. The summed E-state index contributed by atoms with van der Waals surface area (Å²) in [5.74, 6) is -0.380. The van der Waals surface area contributed by atoms with E-state index in [0.29, 0.717) is 17.2 Å². The standard InChI is InChI=1S/C16H17N3O3S2/c1-2-22-15(20)13-11-6-3-7-12(11)24-14(13)18-16(21)19-17-9-10-5-4-8-23-10/h4-5,8-9H,2-3,6-7H2,1H3,(H2,18,19,21). The maximum absolute atomic E-state index is 12.2. The van der Waals surface area contributed by atoms with Crippen molar-refractivity contribution in [3.63, 3.8) is 0 Å². The number of fused-ring (bicyclic) bond motifs is 1. The highest BCUT2D eigenvalue weighted by atomic mass is 32.1. The van der Waals surface area contributed by atoms with Gasteiger partial charge in [0.15, 0.2) is 0 Å². The maximum atomic E-state index is 12.2. The van der Waals surface area contributed by atoms with Crippen LogP contribution in [-0.4, -0.2) is 24.8 Å². The lowest BCUT2D eigenvalue weighted by Gasteiger charge is -2.07. The molecular weight excluding hydrogens is 346 g/mol. The van der Waals surface area contributed by atoms with Gasteiger partial charge in [-0.25, -0.2) is 15.0 Å². The van der Waals surface area contributed by atoms with E-state index in [0.717, 1.165) is 34.6 Å². The number of nitrogens with one attached hydrogen (secondary N) is 2. The fourth-order valence-electron chi connectivity index (χ4n) is 2.56. The van der Waals surface area contributed by atoms with E-state index >= 15 is 0 Å². The van der Waals surface area contributed by atoms with Gasteiger partial charge in [0.25, 0.3) is 0 Å². The van der Waals surface area contributed by atoms with E-state index in [9.17, 15) is 9.59 Å². The minimum absolute atomic E-state index is 0.306. The highest BCUT2D eigenvalue weighted by Crippen LogP contribution is 2.39. The second-order valence-corrected chi connectivity index (χ2v) is 7.21. The van der Waals surface area contributed by atoms with Crippen LogP contribution in [0.4, 0.5) is 9.80 Å². The van der Waals surface area contributed by atoms with Crippen molar-refractivity contribution >= 4 is 45.9 Å². The molecule has 6 nitrogen and oxygen atoms in total. The zero-order valence-electron chi connectivity index (χ0n) is 13.1. The van der Waals surface area contributed by atoms with Crippen molar-refractivity contribution in [3.8, 4) is 0 Å². The van der Waals surface area contributed by atoms with E-state index in [1.54, 1.807) is 13.1 Å². The highest BCUT2D eigenvalue weighted by Gasteiger charge is 2.28. The van der Waals surface area contributed by atoms with Gasteiger partial charge in [-0.05, 0) is 43.2 Å². The molecule has 0 radical (unpaired) electrons. The molecule has 0 saturated carbocycles. The SMILES string of the molecule is CCOC(=O)c1c(NC(=O)NN=Cc2cccs2)sc2c1CCC2. The number of esters is 1. The number of amides is 2. The Morgan fingerprint density at radius 3 is 3.04 bits per heavy atom. The van der Waals surface area contributed by atoms with E-state index in [4.69, 9.17) is 4.74 Å². The molecule has 24 heavy (non-hydrogen) atoms. The van der Waals surface area contributed by atoms with Crippen molar-refractivity contribution in [2.75, 3.05) is 11.9 Å². The number of ether oxygens (including phenoxy) is 1. The van der Waals surface area contributed by atoms with E-state index in [-0.39, 0.29) is 5.97 Å². The van der Waals surface area contributed by atoms with Gasteiger partial charge < -0.3 is 4.74 Å². The summed E-state index contributed by atoms with van der Waals surface area (Å²) in [6.45, 7) is 2.07. The molecule has 2 heterocycles. The van der Waals surface area contributed by atoms with Crippen molar-refractivity contribution in [3.05, 3.63) is 38.4 Å². The van der Waals surface area contributed by atoms with Gasteiger partial charge in [-0.15, -0.1) is 22.7 Å². The maximum Gasteiger partial charge on any atom is 0.341 e. The molecule has 2 aromatic heterocycles. The quantitative estimate of drug-likeness (QED) is 0.484. The largest absolute Gasteiger partial charge is 0.462 e. The summed E-state index contributed by atoms with van der Waals surface area (Å²) in [5.41, 5.74) is 3.92. The molecule has 0 fully saturated rings. The lowest BCUT2D eigenvalue weighted by molar-refractivity contribution is 0.0527. The Bertz CT molecular complexity index is 766. The van der Waals surface area contributed by atoms with Crippen LogP contribution in [0.15, 0.2) is 22.6 Å². The van der Waals surface area contributed by atoms with Crippen molar-refractivity contribution < 1.29 is 14.3 Å². The first-order valence-corrected chi connectivity index (χ1v) is 9.34. The molecule has 2 N–H and O–H groups in total. The Balaban J connectivity index is 1.70. The molecule has 2 amide bonds. The van der Waals surface area contributed by atoms with Crippen molar-refractivity contribution in [1.29, 1.82) is 0 Å². The third-order valence-electron chi connectivity index (χ3n) is 3.53. The fourth-order valence-corrected chi connectivity index (χ4v) is 4.42. The molecule has 2 aromatic rings. The lowest BCUT2D eigenvalue weighted by Crippen LogP contribution is -2.25. The number of nitrogens with zero attached hydrogens (tertiary/aromatic N) is 1. The van der Waals surface area contributed by atoms with Crippen LogP contribution < -0.4 is 10.7 Å². The summed E-state index contributed by atoms with van der Waals surface area (Å²) in [6, 6.07) is 3.33. The molecule has 8 heteroatoms. The third-order valence-corrected chi connectivity index (χ3v) is 5.54. The Hall–Kier alpha value is -2.19. The minimum Gasteiger partial charge on any atom is -0.462 e. The summed E-state index contributed by atoms with van der Waals surface area (Å²) in [7, 11) is 0. The number of urea groups is 1. The first-order chi connectivity index (χ1) is 11.7. The Morgan fingerprint density at radius 1 is 1.42 bits per heavy atom. The molecule has 0 spiro atoms. The lowest BCUT2D eigenvalue weighted by atomic mass is 10.1. The molecule has 1 aliphatic rings. The van der Waals surface area contributed by atoms with Crippen LogP contribution in [0.2, 0.25) is 0 Å². The summed E-state index contributed by atoms with van der Waals surface area (Å²) in [4.78, 5) is 26.3. The number of anilines is 1. The first kappa shape index (κ1) is 16.7. The van der Waals surface area contributed by atoms with E-state index in [1.165, 1.54) is 22.7 Å². The first-order valence-electron chi connectivity index (χ1n) is 7.64. The molecule has 0 unspecified atom stereocenters. The summed E-state index contributed by atoms with van der Waals surface area (Å²) in [6.07, 6.45) is 4.39. The van der Waals surface area contributed by atoms with Crippen LogP contribution in [0.5, 0.6) is 0 Å². The Kier molecular flexibility index (Phi) is 5.27. The van der Waals surface area contributed by atoms with Crippen molar-refractivity contribution in [2.45, 2.75) is 26.2 Å². The Labute approximate surface area is 147 Å². The monoisotopic (exact) mass is 363 g/mol. The van der Waals surface area contributed by atoms with E-state index < -0.39 is 6.03 Å². The van der Waals surface area contributed by atoms with Gasteiger partial charge in [0.1, 0.15) is 5.00 Å². The summed E-state index contributed by atoms with van der Waals surface area (Å²) >= 11 is 2.97. The number of carbonyl (C=O) groups excluding carboxylic acids is 2. The van der Waals surface area contributed by atoms with Gasteiger partial charge in [-0.2, -0.15) is 5.10 Å². The predicted octanol–water partition coefficient (Wildman–Crippen LogP) is 3.63. The molecule has 0 aromatic carbocycles. The van der Waals surface area contributed by atoms with Crippen molar-refractivity contribution in [2.24, 2.45) is 5.10 Å². The number of thiophene rings is 2. The number of hydrogen-bond donors (Lipinski definition) is 2. The van der Waals surface area contributed by atoms with Crippen LogP contribution >= 0.6 is 22.7 Å². The van der Waals surface area contributed by atoms with Crippen LogP contribution in [0.25, 0.3) is 0 Å². The van der Waals surface area contributed by atoms with Gasteiger partial charge in [0.2, 0.25) is 0 Å². The fraction of sp³-hybridized carbons (Fsp3) is 0.312. The molecule has 0 aliphatic heterocycles. The van der Waals surface area contributed by atoms with Crippen LogP contribution in [0, 0.1) is 0 Å². The average molecular weight is 363 g/mol. The predicted molar refractivity (Wildman–Crippen MR) is 96.4 cm³/mol. The average Bonchev–Trinajstić information content (AvgIpc) is 3.24. The second kappa shape index (κ2) is 7.59. The number of hydrazone groups is 1. The van der Waals surface area contributed by atoms with E-state index in [1.807, 2.05) is 17.5 Å². The molecular formula is C16H17N3O3S2. The minimum atomic E-state index is -0.478. The highest BCUT2D eigenvalue weighted by molar-refractivity contribution is 7.17. The van der Waals surface area contributed by atoms with Gasteiger partial charge in [0.05, 0.1) is 18.4 Å². The molecule has 0 atom stereocenters. The molecule has 3 rings (SSSR count). The van der Waals surface area contributed by atoms with Crippen LogP contribution in [-0.2, 0) is 17.6 Å². The molecule has 1 aliphatic carbocycles. The molecule has 0 bridgehead atoms.